The summed E-state index contributed by atoms with van der Waals surface area (Å²) in [6, 6.07) is 15.7. The minimum Gasteiger partial charge on any atom is -0.459 e. The molecule has 8 heteroatoms. The summed E-state index contributed by atoms with van der Waals surface area (Å²) in [6.45, 7) is 2.91. The van der Waals surface area contributed by atoms with E-state index in [1.807, 2.05) is 30.3 Å². The van der Waals surface area contributed by atoms with Crippen LogP contribution in [0.25, 0.3) is 11.3 Å². The molecule has 1 N–H and O–H groups in total. The second-order valence-corrected chi connectivity index (χ2v) is 7.21. The Balaban J connectivity index is 1.68. The highest BCUT2D eigenvalue weighted by Gasteiger charge is 2.41. The van der Waals surface area contributed by atoms with Gasteiger partial charge in [-0.15, -0.1) is 0 Å². The van der Waals surface area contributed by atoms with Gasteiger partial charge in [0, 0.05) is 30.4 Å². The third-order valence-electron chi connectivity index (χ3n) is 4.94. The van der Waals surface area contributed by atoms with Crippen molar-refractivity contribution in [3.8, 4) is 11.3 Å². The Morgan fingerprint density at radius 2 is 2.00 bits per heavy atom. The molecular formula is C21H20N4O3S. The fourth-order valence-corrected chi connectivity index (χ4v) is 3.94. The predicted octanol–water partition coefficient (Wildman–Crippen LogP) is 4.63. The standard InChI is InChI=1S/C21H20N4O3S/c1-2-13-24-20(19(23-21(24)29)16-5-3-4-12-22-16)18-11-10-17(28-18)14-6-8-15(9-7-14)25(26)27/h3-12,19-20H,2,13H2,1H3,(H,23,29). The molecule has 0 spiro atoms. The van der Waals surface area contributed by atoms with E-state index in [-0.39, 0.29) is 17.8 Å². The Morgan fingerprint density at radius 1 is 1.21 bits per heavy atom. The number of hydrogen-bond acceptors (Lipinski definition) is 5. The number of nitrogens with one attached hydrogen (secondary N) is 1. The lowest BCUT2D eigenvalue weighted by atomic mass is 10.0. The van der Waals surface area contributed by atoms with E-state index in [1.165, 1.54) is 12.1 Å². The number of nitrogens with zero attached hydrogens (tertiary/aromatic N) is 3. The van der Waals surface area contributed by atoms with Crippen molar-refractivity contribution in [1.29, 1.82) is 0 Å². The number of rotatable bonds is 6. The smallest absolute Gasteiger partial charge is 0.269 e. The molecule has 2 aromatic heterocycles. The van der Waals surface area contributed by atoms with Gasteiger partial charge in [-0.1, -0.05) is 13.0 Å². The Morgan fingerprint density at radius 3 is 2.66 bits per heavy atom. The van der Waals surface area contributed by atoms with E-state index in [0.717, 1.165) is 30.0 Å². The molecule has 1 aliphatic rings. The zero-order valence-corrected chi connectivity index (χ0v) is 16.6. The van der Waals surface area contributed by atoms with Gasteiger partial charge in [0.2, 0.25) is 0 Å². The second kappa shape index (κ2) is 8.00. The molecular weight excluding hydrogens is 388 g/mol. The second-order valence-electron chi connectivity index (χ2n) is 6.83. The lowest BCUT2D eigenvalue weighted by Gasteiger charge is -2.25. The van der Waals surface area contributed by atoms with Gasteiger partial charge in [0.1, 0.15) is 17.6 Å². The first kappa shape index (κ1) is 19.1. The molecule has 0 amide bonds. The summed E-state index contributed by atoms with van der Waals surface area (Å²) < 4.78 is 6.19. The Labute approximate surface area is 173 Å². The quantitative estimate of drug-likeness (QED) is 0.361. The van der Waals surface area contributed by atoms with Crippen LogP contribution in [0.2, 0.25) is 0 Å². The molecule has 1 fully saturated rings. The van der Waals surface area contributed by atoms with E-state index in [2.05, 4.69) is 22.1 Å². The van der Waals surface area contributed by atoms with Gasteiger partial charge in [-0.3, -0.25) is 15.1 Å². The van der Waals surface area contributed by atoms with Crippen LogP contribution >= 0.6 is 12.2 Å². The average Bonchev–Trinajstić information content (AvgIpc) is 3.34. The summed E-state index contributed by atoms with van der Waals surface area (Å²) in [6.07, 6.45) is 2.72. The van der Waals surface area contributed by atoms with E-state index in [9.17, 15) is 10.1 Å². The molecule has 2 unspecified atom stereocenters. The summed E-state index contributed by atoms with van der Waals surface area (Å²) in [7, 11) is 0. The lowest BCUT2D eigenvalue weighted by Crippen LogP contribution is -2.30. The number of pyridine rings is 1. The van der Waals surface area contributed by atoms with Crippen LogP contribution in [-0.4, -0.2) is 26.5 Å². The van der Waals surface area contributed by atoms with Gasteiger partial charge < -0.3 is 14.6 Å². The number of non-ortho nitro benzene ring substituents is 1. The molecule has 0 bridgehead atoms. The van der Waals surface area contributed by atoms with Gasteiger partial charge in [-0.2, -0.15) is 0 Å². The minimum absolute atomic E-state index is 0.0511. The van der Waals surface area contributed by atoms with Crippen molar-refractivity contribution >= 4 is 23.0 Å². The topological polar surface area (TPSA) is 84.4 Å². The number of nitro benzene ring substituents is 1. The van der Waals surface area contributed by atoms with E-state index in [1.54, 1.807) is 18.3 Å². The molecule has 0 saturated carbocycles. The Bertz CT molecular complexity index is 1020. The first-order chi connectivity index (χ1) is 14.1. The lowest BCUT2D eigenvalue weighted by molar-refractivity contribution is -0.384. The molecule has 7 nitrogen and oxygen atoms in total. The Hall–Kier alpha value is -3.26. The van der Waals surface area contributed by atoms with Crippen LogP contribution in [0, 0.1) is 10.1 Å². The SMILES string of the molecule is CCCN1C(=S)NC(c2ccccn2)C1c1ccc(-c2ccc([N+](=O)[O-])cc2)o1. The first-order valence-electron chi connectivity index (χ1n) is 9.41. The van der Waals surface area contributed by atoms with Crippen molar-refractivity contribution in [3.63, 3.8) is 0 Å². The third kappa shape index (κ3) is 3.71. The summed E-state index contributed by atoms with van der Waals surface area (Å²) in [5.41, 5.74) is 1.73. The number of furan rings is 1. The highest BCUT2D eigenvalue weighted by molar-refractivity contribution is 7.80. The molecule has 29 heavy (non-hydrogen) atoms. The summed E-state index contributed by atoms with van der Waals surface area (Å²) >= 11 is 5.58. The van der Waals surface area contributed by atoms with Gasteiger partial charge in [-0.25, -0.2) is 0 Å². The van der Waals surface area contributed by atoms with E-state index in [4.69, 9.17) is 16.6 Å². The van der Waals surface area contributed by atoms with Crippen molar-refractivity contribution in [3.05, 3.63) is 82.4 Å². The maximum absolute atomic E-state index is 10.9. The van der Waals surface area contributed by atoms with Crippen LogP contribution in [0.15, 0.2) is 65.2 Å². The molecule has 0 radical (unpaired) electrons. The van der Waals surface area contributed by atoms with Gasteiger partial charge in [0.25, 0.3) is 5.69 Å². The maximum Gasteiger partial charge on any atom is 0.269 e. The van der Waals surface area contributed by atoms with E-state index < -0.39 is 4.92 Å². The van der Waals surface area contributed by atoms with Crippen molar-refractivity contribution < 1.29 is 9.34 Å². The van der Waals surface area contributed by atoms with Crippen molar-refractivity contribution in [1.82, 2.24) is 15.2 Å². The highest BCUT2D eigenvalue weighted by atomic mass is 32.1. The largest absolute Gasteiger partial charge is 0.459 e. The predicted molar refractivity (Wildman–Crippen MR) is 113 cm³/mol. The van der Waals surface area contributed by atoms with Crippen LogP contribution < -0.4 is 5.32 Å². The van der Waals surface area contributed by atoms with Crippen LogP contribution in [0.5, 0.6) is 0 Å². The average molecular weight is 408 g/mol. The number of nitro groups is 1. The van der Waals surface area contributed by atoms with Crippen LogP contribution in [0.1, 0.15) is 36.9 Å². The van der Waals surface area contributed by atoms with E-state index in [0.29, 0.717) is 10.9 Å². The number of hydrogen-bond donors (Lipinski definition) is 1. The van der Waals surface area contributed by atoms with Crippen LogP contribution in [0.3, 0.4) is 0 Å². The highest BCUT2D eigenvalue weighted by Crippen LogP contribution is 2.40. The summed E-state index contributed by atoms with van der Waals surface area (Å²) in [5, 5.41) is 14.9. The maximum atomic E-state index is 10.9. The van der Waals surface area contributed by atoms with Crippen molar-refractivity contribution in [2.24, 2.45) is 0 Å². The van der Waals surface area contributed by atoms with Gasteiger partial charge in [0.15, 0.2) is 5.11 Å². The van der Waals surface area contributed by atoms with Gasteiger partial charge in [-0.05, 0) is 55.0 Å². The van der Waals surface area contributed by atoms with Crippen molar-refractivity contribution in [2.45, 2.75) is 25.4 Å². The van der Waals surface area contributed by atoms with Crippen LogP contribution in [-0.2, 0) is 0 Å². The van der Waals surface area contributed by atoms with Gasteiger partial charge in [0.05, 0.1) is 16.7 Å². The van der Waals surface area contributed by atoms with E-state index >= 15 is 0 Å². The first-order valence-corrected chi connectivity index (χ1v) is 9.82. The fourth-order valence-electron chi connectivity index (χ4n) is 3.61. The molecule has 1 saturated heterocycles. The third-order valence-corrected chi connectivity index (χ3v) is 5.30. The molecule has 3 aromatic rings. The minimum atomic E-state index is -0.414. The Kier molecular flexibility index (Phi) is 5.26. The van der Waals surface area contributed by atoms with Gasteiger partial charge >= 0.3 is 0 Å². The zero-order chi connectivity index (χ0) is 20.4. The molecule has 2 atom stereocenters. The fraction of sp³-hybridized carbons (Fsp3) is 0.238. The van der Waals surface area contributed by atoms with Crippen LogP contribution in [0.4, 0.5) is 5.69 Å². The zero-order valence-electron chi connectivity index (χ0n) is 15.8. The van der Waals surface area contributed by atoms with Crippen molar-refractivity contribution in [2.75, 3.05) is 6.54 Å². The number of benzene rings is 1. The molecule has 0 aliphatic carbocycles. The summed E-state index contributed by atoms with van der Waals surface area (Å²) in [5.74, 6) is 1.43. The number of aromatic nitrogens is 1. The molecule has 1 aliphatic heterocycles. The number of thiocarbonyl (C=S) groups is 1. The molecule has 148 valence electrons. The molecule has 4 rings (SSSR count). The monoisotopic (exact) mass is 408 g/mol. The normalized spacial score (nSPS) is 18.7. The molecule has 1 aromatic carbocycles. The molecule has 3 heterocycles. The summed E-state index contributed by atoms with van der Waals surface area (Å²) in [4.78, 5) is 17.1.